The fraction of sp³-hybridized carbons (Fsp3) is 0.385. The van der Waals surface area contributed by atoms with Crippen molar-refractivity contribution in [1.29, 1.82) is 0 Å². The summed E-state index contributed by atoms with van der Waals surface area (Å²) in [7, 11) is -3.84. The van der Waals surface area contributed by atoms with Gasteiger partial charge in [0.05, 0.1) is 4.90 Å². The number of halogens is 3. The van der Waals surface area contributed by atoms with Gasteiger partial charge < -0.3 is 5.73 Å². The third-order valence-corrected chi connectivity index (χ3v) is 5.49. The van der Waals surface area contributed by atoms with E-state index in [9.17, 15) is 21.6 Å². The first-order valence-electron chi connectivity index (χ1n) is 6.25. The van der Waals surface area contributed by atoms with Gasteiger partial charge >= 0.3 is 6.18 Å². The molecule has 2 N–H and O–H groups in total. The van der Waals surface area contributed by atoms with Crippen molar-refractivity contribution >= 4 is 15.7 Å². The minimum Gasteiger partial charge on any atom is -0.398 e. The predicted octanol–water partition coefficient (Wildman–Crippen LogP) is 2.46. The third-order valence-electron chi connectivity index (χ3n) is 3.48. The summed E-state index contributed by atoms with van der Waals surface area (Å²) in [5.41, 5.74) is 5.74. The van der Waals surface area contributed by atoms with Gasteiger partial charge in [0.15, 0.2) is 0 Å². The number of nitrogens with zero attached hydrogens (tertiary/aromatic N) is 1. The van der Waals surface area contributed by atoms with Crippen LogP contribution in [0.4, 0.5) is 18.9 Å². The quantitative estimate of drug-likeness (QED) is 0.672. The second-order valence-corrected chi connectivity index (χ2v) is 6.72. The van der Waals surface area contributed by atoms with Gasteiger partial charge in [-0.25, -0.2) is 8.42 Å². The Hall–Kier alpha value is -1.54. The summed E-state index contributed by atoms with van der Waals surface area (Å²) < 4.78 is 63.6. The summed E-state index contributed by atoms with van der Waals surface area (Å²) in [5, 5.41) is 0. The number of sulfonamides is 1. The maximum Gasteiger partial charge on any atom is 0.412 e. The molecule has 21 heavy (non-hydrogen) atoms. The number of nitrogens with two attached hydrogens (primary N) is 1. The lowest BCUT2D eigenvalue weighted by molar-refractivity contribution is -0.0953. The Kier molecular flexibility index (Phi) is 4.03. The standard InChI is InChI=1S/C13H15F3N2O2S/c1-9-11(17)3-2-4-12(9)21(19,20)18-7-5-10(6-8-18)13(14,15)16/h2-5H,6-8,17H2,1H3. The van der Waals surface area contributed by atoms with Crippen molar-refractivity contribution in [3.63, 3.8) is 0 Å². The van der Waals surface area contributed by atoms with Crippen molar-refractivity contribution in [2.45, 2.75) is 24.4 Å². The van der Waals surface area contributed by atoms with E-state index in [4.69, 9.17) is 5.73 Å². The number of benzene rings is 1. The van der Waals surface area contributed by atoms with Gasteiger partial charge in [0.2, 0.25) is 10.0 Å². The molecule has 0 saturated heterocycles. The molecule has 1 heterocycles. The average molecular weight is 320 g/mol. The minimum absolute atomic E-state index is 0.0337. The number of hydrogen-bond acceptors (Lipinski definition) is 3. The molecule has 0 spiro atoms. The molecule has 1 aromatic carbocycles. The molecule has 0 radical (unpaired) electrons. The number of anilines is 1. The SMILES string of the molecule is Cc1c(N)cccc1S(=O)(=O)N1CC=C(C(F)(F)F)CC1. The topological polar surface area (TPSA) is 63.4 Å². The highest BCUT2D eigenvalue weighted by molar-refractivity contribution is 7.89. The molecule has 1 aliphatic heterocycles. The van der Waals surface area contributed by atoms with Gasteiger partial charge in [-0.3, -0.25) is 0 Å². The molecule has 0 unspecified atom stereocenters. The number of rotatable bonds is 2. The van der Waals surface area contributed by atoms with E-state index in [0.29, 0.717) is 11.3 Å². The largest absolute Gasteiger partial charge is 0.412 e. The molecule has 1 aliphatic rings. The van der Waals surface area contributed by atoms with E-state index in [1.165, 1.54) is 12.1 Å². The normalized spacial score (nSPS) is 17.6. The maximum absolute atomic E-state index is 12.6. The molecule has 0 aromatic heterocycles. The molecule has 0 aliphatic carbocycles. The zero-order valence-corrected chi connectivity index (χ0v) is 12.1. The van der Waals surface area contributed by atoms with E-state index in [1.54, 1.807) is 13.0 Å². The average Bonchev–Trinajstić information content (AvgIpc) is 2.41. The lowest BCUT2D eigenvalue weighted by Crippen LogP contribution is -2.37. The molecule has 2 rings (SSSR count). The van der Waals surface area contributed by atoms with Crippen LogP contribution in [0.1, 0.15) is 12.0 Å². The van der Waals surface area contributed by atoms with E-state index in [1.807, 2.05) is 0 Å². The van der Waals surface area contributed by atoms with Crippen LogP contribution in [0, 0.1) is 6.92 Å². The Bertz CT molecular complexity index is 681. The highest BCUT2D eigenvalue weighted by Gasteiger charge is 2.37. The molecule has 0 amide bonds. The van der Waals surface area contributed by atoms with E-state index < -0.39 is 21.8 Å². The van der Waals surface area contributed by atoms with E-state index in [-0.39, 0.29) is 24.4 Å². The van der Waals surface area contributed by atoms with Crippen molar-refractivity contribution < 1.29 is 21.6 Å². The lowest BCUT2D eigenvalue weighted by atomic mass is 10.1. The van der Waals surface area contributed by atoms with Crippen molar-refractivity contribution in [2.75, 3.05) is 18.8 Å². The number of hydrogen-bond donors (Lipinski definition) is 1. The van der Waals surface area contributed by atoms with Crippen LogP contribution in [0.5, 0.6) is 0 Å². The van der Waals surface area contributed by atoms with Gasteiger partial charge in [0, 0.05) is 24.4 Å². The molecule has 0 fully saturated rings. The minimum atomic E-state index is -4.40. The predicted molar refractivity (Wildman–Crippen MR) is 73.1 cm³/mol. The van der Waals surface area contributed by atoms with Crippen LogP contribution in [0.2, 0.25) is 0 Å². The lowest BCUT2D eigenvalue weighted by Gasteiger charge is -2.27. The van der Waals surface area contributed by atoms with E-state index >= 15 is 0 Å². The van der Waals surface area contributed by atoms with Crippen LogP contribution >= 0.6 is 0 Å². The van der Waals surface area contributed by atoms with Crippen LogP contribution in [0.15, 0.2) is 34.7 Å². The van der Waals surface area contributed by atoms with Crippen LogP contribution in [0.3, 0.4) is 0 Å². The van der Waals surface area contributed by atoms with Gasteiger partial charge in [0.1, 0.15) is 0 Å². The molecular formula is C13H15F3N2O2S. The Morgan fingerprint density at radius 2 is 1.95 bits per heavy atom. The first-order chi connectivity index (χ1) is 9.64. The highest BCUT2D eigenvalue weighted by Crippen LogP contribution is 2.32. The van der Waals surface area contributed by atoms with Crippen LogP contribution in [-0.2, 0) is 10.0 Å². The number of alkyl halides is 3. The molecular weight excluding hydrogens is 305 g/mol. The zero-order valence-electron chi connectivity index (χ0n) is 11.3. The van der Waals surface area contributed by atoms with E-state index in [2.05, 4.69) is 0 Å². The molecule has 0 atom stereocenters. The third kappa shape index (κ3) is 3.06. The monoisotopic (exact) mass is 320 g/mol. The zero-order chi connectivity index (χ0) is 15.8. The molecule has 116 valence electrons. The van der Waals surface area contributed by atoms with Crippen LogP contribution in [-0.4, -0.2) is 32.0 Å². The second kappa shape index (κ2) is 5.34. The second-order valence-electron chi connectivity index (χ2n) is 4.81. The molecule has 0 bridgehead atoms. The van der Waals surface area contributed by atoms with Gasteiger partial charge in [-0.05, 0) is 31.0 Å². The summed E-state index contributed by atoms with van der Waals surface area (Å²) >= 11 is 0. The maximum atomic E-state index is 12.6. The molecule has 4 nitrogen and oxygen atoms in total. The Morgan fingerprint density at radius 1 is 1.29 bits per heavy atom. The first-order valence-corrected chi connectivity index (χ1v) is 7.69. The van der Waals surface area contributed by atoms with Crippen LogP contribution in [0.25, 0.3) is 0 Å². The molecule has 0 saturated carbocycles. The molecule has 1 aromatic rings. The van der Waals surface area contributed by atoms with E-state index in [0.717, 1.165) is 10.4 Å². The summed E-state index contributed by atoms with van der Waals surface area (Å²) in [6.45, 7) is 1.09. The fourth-order valence-electron chi connectivity index (χ4n) is 2.18. The summed E-state index contributed by atoms with van der Waals surface area (Å²) in [6, 6.07) is 4.49. The highest BCUT2D eigenvalue weighted by atomic mass is 32.2. The summed E-state index contributed by atoms with van der Waals surface area (Å²) in [5.74, 6) is 0. The first kappa shape index (κ1) is 15.8. The Labute approximate surface area is 121 Å². The van der Waals surface area contributed by atoms with Crippen molar-refractivity contribution in [2.24, 2.45) is 0 Å². The van der Waals surface area contributed by atoms with Gasteiger partial charge in [-0.2, -0.15) is 17.5 Å². The Balaban J connectivity index is 2.31. The van der Waals surface area contributed by atoms with Crippen molar-refractivity contribution in [3.05, 3.63) is 35.4 Å². The van der Waals surface area contributed by atoms with Gasteiger partial charge in [-0.1, -0.05) is 12.1 Å². The van der Waals surface area contributed by atoms with Crippen LogP contribution < -0.4 is 5.73 Å². The fourth-order valence-corrected chi connectivity index (χ4v) is 3.81. The van der Waals surface area contributed by atoms with Gasteiger partial charge in [-0.15, -0.1) is 0 Å². The van der Waals surface area contributed by atoms with Crippen molar-refractivity contribution in [3.8, 4) is 0 Å². The van der Waals surface area contributed by atoms with Gasteiger partial charge in [0.25, 0.3) is 0 Å². The smallest absolute Gasteiger partial charge is 0.398 e. The summed E-state index contributed by atoms with van der Waals surface area (Å²) in [4.78, 5) is 0.0337. The molecule has 8 heteroatoms. The Morgan fingerprint density at radius 3 is 2.48 bits per heavy atom. The summed E-state index contributed by atoms with van der Waals surface area (Å²) in [6.07, 6.45) is -3.82. The van der Waals surface area contributed by atoms with Crippen molar-refractivity contribution in [1.82, 2.24) is 4.31 Å². The number of nitrogen functional groups attached to an aromatic ring is 1.